The Balaban J connectivity index is 2.73. The molecule has 0 radical (unpaired) electrons. The largest absolute Gasteiger partial charge is 0.394 e. The minimum atomic E-state index is -0.679. The normalized spacial score (nSPS) is 10.4. The summed E-state index contributed by atoms with van der Waals surface area (Å²) in [7, 11) is 0. The number of aliphatic hydroxyl groups excluding tert-OH is 2. The van der Waals surface area contributed by atoms with Crippen molar-refractivity contribution in [1.29, 1.82) is 0 Å². The molecule has 0 unspecified atom stereocenters. The Morgan fingerprint density at radius 2 is 2.20 bits per heavy atom. The van der Waals surface area contributed by atoms with Crippen molar-refractivity contribution in [2.24, 2.45) is 0 Å². The molecule has 0 aliphatic heterocycles. The molecule has 0 spiro atoms. The van der Waals surface area contributed by atoms with Gasteiger partial charge in [-0.3, -0.25) is 9.78 Å². The van der Waals surface area contributed by atoms with Crippen LogP contribution in [-0.4, -0.2) is 40.4 Å². The molecule has 1 aromatic heterocycles. The van der Waals surface area contributed by atoms with Crippen LogP contribution >= 0.6 is 11.6 Å². The number of carbonyl (C=O) groups is 1. The molecule has 0 saturated carbocycles. The van der Waals surface area contributed by atoms with Crippen LogP contribution in [-0.2, 0) is 0 Å². The highest BCUT2D eigenvalue weighted by Gasteiger charge is 2.14. The molecular weight excluding hydrogens is 220 g/mol. The highest BCUT2D eigenvalue weighted by atomic mass is 35.5. The summed E-state index contributed by atoms with van der Waals surface area (Å²) in [6.45, 7) is -0.657. The van der Waals surface area contributed by atoms with Crippen LogP contribution in [0.2, 0.25) is 5.02 Å². The second-order valence-electron chi connectivity index (χ2n) is 2.89. The van der Waals surface area contributed by atoms with Gasteiger partial charge in [0.15, 0.2) is 0 Å². The van der Waals surface area contributed by atoms with Gasteiger partial charge in [-0.15, -0.1) is 0 Å². The highest BCUT2D eigenvalue weighted by molar-refractivity contribution is 6.33. The second-order valence-corrected chi connectivity index (χ2v) is 3.30. The molecule has 1 heterocycles. The number of amides is 1. The van der Waals surface area contributed by atoms with E-state index in [1.54, 1.807) is 0 Å². The third-order valence-electron chi connectivity index (χ3n) is 1.79. The number of carbonyl (C=O) groups excluding carboxylic acids is 1. The molecule has 0 atom stereocenters. The molecular formula is C9H11ClN2O3. The minimum absolute atomic E-state index is 0.227. The summed E-state index contributed by atoms with van der Waals surface area (Å²) in [6.07, 6.45) is 2.79. The Hall–Kier alpha value is -1.17. The molecule has 82 valence electrons. The van der Waals surface area contributed by atoms with Gasteiger partial charge >= 0.3 is 0 Å². The van der Waals surface area contributed by atoms with Crippen LogP contribution in [0.5, 0.6) is 0 Å². The molecule has 0 bridgehead atoms. The first-order chi connectivity index (χ1) is 7.19. The first-order valence-corrected chi connectivity index (χ1v) is 4.69. The number of hydrogen-bond acceptors (Lipinski definition) is 4. The molecule has 0 aliphatic rings. The van der Waals surface area contributed by atoms with Gasteiger partial charge in [-0.1, -0.05) is 11.6 Å². The predicted octanol–water partition coefficient (Wildman–Crippen LogP) is -0.182. The van der Waals surface area contributed by atoms with Crippen LogP contribution in [0.1, 0.15) is 10.4 Å². The number of halogens is 1. The molecule has 15 heavy (non-hydrogen) atoms. The fourth-order valence-electron chi connectivity index (χ4n) is 0.972. The van der Waals surface area contributed by atoms with Crippen molar-refractivity contribution in [3.05, 3.63) is 29.0 Å². The van der Waals surface area contributed by atoms with E-state index in [0.717, 1.165) is 0 Å². The quantitative estimate of drug-likeness (QED) is 0.670. The van der Waals surface area contributed by atoms with Crippen LogP contribution in [0.15, 0.2) is 18.5 Å². The van der Waals surface area contributed by atoms with Crippen molar-refractivity contribution < 1.29 is 15.0 Å². The number of nitrogens with one attached hydrogen (secondary N) is 1. The lowest BCUT2D eigenvalue weighted by atomic mass is 10.2. The Kier molecular flexibility index (Phi) is 4.48. The van der Waals surface area contributed by atoms with Crippen LogP contribution < -0.4 is 5.32 Å². The molecule has 0 fully saturated rings. The average Bonchev–Trinajstić information content (AvgIpc) is 2.26. The summed E-state index contributed by atoms with van der Waals surface area (Å²) in [5.74, 6) is -0.449. The summed E-state index contributed by atoms with van der Waals surface area (Å²) in [5.41, 5.74) is 0.263. The predicted molar refractivity (Wildman–Crippen MR) is 54.7 cm³/mol. The van der Waals surface area contributed by atoms with Gasteiger partial charge in [0, 0.05) is 12.4 Å². The number of aromatic nitrogens is 1. The topological polar surface area (TPSA) is 82.5 Å². The number of pyridine rings is 1. The number of nitrogens with zero attached hydrogens (tertiary/aromatic N) is 1. The van der Waals surface area contributed by atoms with Crippen molar-refractivity contribution >= 4 is 17.5 Å². The lowest BCUT2D eigenvalue weighted by Gasteiger charge is -2.13. The third kappa shape index (κ3) is 3.16. The number of rotatable bonds is 4. The standard InChI is InChI=1S/C9H11ClN2O3/c10-8-3-11-2-1-7(8)9(15)12-6(4-13)5-14/h1-3,6,13-14H,4-5H2,(H,12,15). The highest BCUT2D eigenvalue weighted by Crippen LogP contribution is 2.12. The Bertz CT molecular complexity index is 342. The van der Waals surface area contributed by atoms with Gasteiger partial charge in [0.25, 0.3) is 5.91 Å². The Morgan fingerprint density at radius 3 is 2.73 bits per heavy atom. The monoisotopic (exact) mass is 230 g/mol. The maximum absolute atomic E-state index is 11.5. The second kappa shape index (κ2) is 5.65. The molecule has 0 aliphatic carbocycles. The van der Waals surface area contributed by atoms with Gasteiger partial charge in [-0.05, 0) is 6.07 Å². The van der Waals surface area contributed by atoms with Crippen molar-refractivity contribution in [3.8, 4) is 0 Å². The van der Waals surface area contributed by atoms with E-state index in [1.165, 1.54) is 18.5 Å². The number of hydrogen-bond donors (Lipinski definition) is 3. The van der Waals surface area contributed by atoms with E-state index in [-0.39, 0.29) is 23.8 Å². The zero-order valence-electron chi connectivity index (χ0n) is 7.85. The zero-order chi connectivity index (χ0) is 11.3. The molecule has 0 aromatic carbocycles. The van der Waals surface area contributed by atoms with E-state index < -0.39 is 11.9 Å². The van der Waals surface area contributed by atoms with Gasteiger partial charge in [0.05, 0.1) is 29.8 Å². The van der Waals surface area contributed by atoms with Gasteiger partial charge in [-0.25, -0.2) is 0 Å². The molecule has 1 aromatic rings. The molecule has 1 amide bonds. The summed E-state index contributed by atoms with van der Waals surface area (Å²) < 4.78 is 0. The Morgan fingerprint density at radius 1 is 1.53 bits per heavy atom. The van der Waals surface area contributed by atoms with Gasteiger partial charge in [0.2, 0.25) is 0 Å². The lowest BCUT2D eigenvalue weighted by molar-refractivity contribution is 0.0879. The third-order valence-corrected chi connectivity index (χ3v) is 2.09. The molecule has 1 rings (SSSR count). The van der Waals surface area contributed by atoms with Crippen LogP contribution in [0.4, 0.5) is 0 Å². The van der Waals surface area contributed by atoms with E-state index in [1.807, 2.05) is 0 Å². The summed E-state index contributed by atoms with van der Waals surface area (Å²) in [6, 6.07) is 0.783. The fourth-order valence-corrected chi connectivity index (χ4v) is 1.18. The molecule has 6 heteroatoms. The van der Waals surface area contributed by atoms with Crippen LogP contribution in [0.25, 0.3) is 0 Å². The van der Waals surface area contributed by atoms with E-state index in [4.69, 9.17) is 21.8 Å². The maximum atomic E-state index is 11.5. The van der Waals surface area contributed by atoms with Crippen LogP contribution in [0.3, 0.4) is 0 Å². The minimum Gasteiger partial charge on any atom is -0.394 e. The van der Waals surface area contributed by atoms with Gasteiger partial charge in [0.1, 0.15) is 0 Å². The van der Waals surface area contributed by atoms with Crippen molar-refractivity contribution in [3.63, 3.8) is 0 Å². The molecule has 3 N–H and O–H groups in total. The fraction of sp³-hybridized carbons (Fsp3) is 0.333. The van der Waals surface area contributed by atoms with E-state index in [2.05, 4.69) is 10.3 Å². The lowest BCUT2D eigenvalue weighted by Crippen LogP contribution is -2.40. The maximum Gasteiger partial charge on any atom is 0.253 e. The van der Waals surface area contributed by atoms with Gasteiger partial charge in [-0.2, -0.15) is 0 Å². The van der Waals surface area contributed by atoms with E-state index in [9.17, 15) is 4.79 Å². The van der Waals surface area contributed by atoms with Crippen molar-refractivity contribution in [1.82, 2.24) is 10.3 Å². The first kappa shape index (κ1) is 11.9. The Labute approximate surface area is 91.7 Å². The SMILES string of the molecule is O=C(NC(CO)CO)c1ccncc1Cl. The van der Waals surface area contributed by atoms with E-state index in [0.29, 0.717) is 0 Å². The first-order valence-electron chi connectivity index (χ1n) is 4.31. The molecule has 0 saturated heterocycles. The zero-order valence-corrected chi connectivity index (χ0v) is 8.61. The average molecular weight is 231 g/mol. The van der Waals surface area contributed by atoms with Crippen LogP contribution in [0, 0.1) is 0 Å². The molecule has 5 nitrogen and oxygen atoms in total. The summed E-state index contributed by atoms with van der Waals surface area (Å²) in [4.78, 5) is 15.3. The van der Waals surface area contributed by atoms with Crippen molar-refractivity contribution in [2.75, 3.05) is 13.2 Å². The smallest absolute Gasteiger partial charge is 0.253 e. The number of aliphatic hydroxyl groups is 2. The summed E-state index contributed by atoms with van der Waals surface area (Å²) >= 11 is 5.74. The summed E-state index contributed by atoms with van der Waals surface area (Å²) in [5, 5.41) is 20.2. The van der Waals surface area contributed by atoms with Gasteiger partial charge < -0.3 is 15.5 Å². The van der Waals surface area contributed by atoms with Crippen molar-refractivity contribution in [2.45, 2.75) is 6.04 Å². The van der Waals surface area contributed by atoms with E-state index >= 15 is 0 Å².